The molecule has 0 saturated heterocycles. The van der Waals surface area contributed by atoms with Crippen LogP contribution in [0.25, 0.3) is 0 Å². The number of anilines is 1. The van der Waals surface area contributed by atoms with Crippen LogP contribution in [0.5, 0.6) is 0 Å². The molecule has 0 fully saturated rings. The summed E-state index contributed by atoms with van der Waals surface area (Å²) >= 11 is 3.31. The molecule has 0 bridgehead atoms. The van der Waals surface area contributed by atoms with Crippen molar-refractivity contribution in [2.24, 2.45) is 5.92 Å². The van der Waals surface area contributed by atoms with Crippen molar-refractivity contribution in [3.63, 3.8) is 0 Å². The van der Waals surface area contributed by atoms with E-state index in [0.29, 0.717) is 5.82 Å². The van der Waals surface area contributed by atoms with Gasteiger partial charge in [-0.2, -0.15) is 0 Å². The molecule has 0 spiro atoms. The molecule has 1 heterocycles. The second-order valence-electron chi connectivity index (χ2n) is 3.54. The van der Waals surface area contributed by atoms with Gasteiger partial charge in [0.15, 0.2) is 0 Å². The fourth-order valence-corrected chi connectivity index (χ4v) is 1.52. The van der Waals surface area contributed by atoms with E-state index in [-0.39, 0.29) is 5.92 Å². The molecule has 0 radical (unpaired) electrons. The molecule has 1 aromatic heterocycles. The average molecular weight is 273 g/mol. The number of hydrogen-bond acceptors (Lipinski definition) is 3. The van der Waals surface area contributed by atoms with Gasteiger partial charge in [0.25, 0.3) is 0 Å². The van der Waals surface area contributed by atoms with E-state index in [1.165, 1.54) is 0 Å². The van der Waals surface area contributed by atoms with Crippen LogP contribution in [0.3, 0.4) is 0 Å². The van der Waals surface area contributed by atoms with Crippen molar-refractivity contribution in [3.05, 3.63) is 22.8 Å². The molecule has 0 amide bonds. The number of nitrogens with one attached hydrogen (secondary N) is 1. The number of nitrogens with zero attached hydrogens (tertiary/aromatic N) is 1. The number of carboxylic acid groups (broad SMARTS) is 1. The lowest BCUT2D eigenvalue weighted by atomic mass is 10.1. The Bertz CT molecular complexity index is 355. The quantitative estimate of drug-likeness (QED) is 0.884. The number of aromatic nitrogens is 1. The number of rotatable bonds is 4. The third-order valence-corrected chi connectivity index (χ3v) is 2.62. The molecule has 4 nitrogen and oxygen atoms in total. The van der Waals surface area contributed by atoms with E-state index in [1.54, 1.807) is 12.3 Å². The van der Waals surface area contributed by atoms with Crippen molar-refractivity contribution < 1.29 is 9.90 Å². The van der Waals surface area contributed by atoms with Crippen LogP contribution in [0, 0.1) is 5.92 Å². The van der Waals surface area contributed by atoms with Gasteiger partial charge in [0, 0.05) is 6.20 Å². The van der Waals surface area contributed by atoms with E-state index in [2.05, 4.69) is 26.2 Å². The monoisotopic (exact) mass is 272 g/mol. The first-order chi connectivity index (χ1) is 7.02. The Morgan fingerprint density at radius 1 is 1.60 bits per heavy atom. The molecule has 5 heteroatoms. The standard InChI is InChI=1S/C10H13BrN2O2/c1-6(2)8(10(14)15)13-9-7(11)4-3-5-12-9/h3-6,8H,1-2H3,(H,12,13)(H,14,15)/t8-/m1/s1. The Kier molecular flexibility index (Phi) is 4.08. The zero-order chi connectivity index (χ0) is 11.4. The highest BCUT2D eigenvalue weighted by Gasteiger charge is 2.22. The maximum absolute atomic E-state index is 11.0. The van der Waals surface area contributed by atoms with Crippen molar-refractivity contribution >= 4 is 27.7 Å². The van der Waals surface area contributed by atoms with Crippen LogP contribution in [0.4, 0.5) is 5.82 Å². The first-order valence-electron chi connectivity index (χ1n) is 4.62. The van der Waals surface area contributed by atoms with Gasteiger partial charge < -0.3 is 10.4 Å². The van der Waals surface area contributed by atoms with Gasteiger partial charge in [-0.15, -0.1) is 0 Å². The van der Waals surface area contributed by atoms with Gasteiger partial charge in [0.05, 0.1) is 4.47 Å². The van der Waals surface area contributed by atoms with Crippen molar-refractivity contribution in [1.82, 2.24) is 4.98 Å². The molecule has 1 rings (SSSR count). The molecule has 0 aliphatic rings. The molecule has 2 N–H and O–H groups in total. The van der Waals surface area contributed by atoms with Gasteiger partial charge in [-0.1, -0.05) is 13.8 Å². The molecule has 15 heavy (non-hydrogen) atoms. The first kappa shape index (κ1) is 12.0. The number of carbonyl (C=O) groups is 1. The van der Waals surface area contributed by atoms with Crippen molar-refractivity contribution in [2.45, 2.75) is 19.9 Å². The molecule has 0 aliphatic heterocycles. The topological polar surface area (TPSA) is 62.2 Å². The first-order valence-corrected chi connectivity index (χ1v) is 5.41. The van der Waals surface area contributed by atoms with Crippen LogP contribution < -0.4 is 5.32 Å². The van der Waals surface area contributed by atoms with Crippen molar-refractivity contribution in [2.75, 3.05) is 5.32 Å². The molecular weight excluding hydrogens is 260 g/mol. The Morgan fingerprint density at radius 3 is 2.73 bits per heavy atom. The smallest absolute Gasteiger partial charge is 0.326 e. The van der Waals surface area contributed by atoms with Crippen molar-refractivity contribution in [1.29, 1.82) is 0 Å². The molecule has 0 aromatic carbocycles. The minimum Gasteiger partial charge on any atom is -0.480 e. The summed E-state index contributed by atoms with van der Waals surface area (Å²) in [5.74, 6) is -0.322. The second kappa shape index (κ2) is 5.11. The Labute approximate surface area is 96.8 Å². The van der Waals surface area contributed by atoms with E-state index >= 15 is 0 Å². The van der Waals surface area contributed by atoms with E-state index in [1.807, 2.05) is 19.9 Å². The molecule has 1 atom stereocenters. The SMILES string of the molecule is CC(C)[C@@H](Nc1ncccc1Br)C(=O)O. The lowest BCUT2D eigenvalue weighted by Gasteiger charge is -2.18. The van der Waals surface area contributed by atoms with Gasteiger partial charge >= 0.3 is 5.97 Å². The van der Waals surface area contributed by atoms with Gasteiger partial charge in [-0.25, -0.2) is 9.78 Å². The number of aliphatic carboxylic acids is 1. The lowest BCUT2D eigenvalue weighted by Crippen LogP contribution is -2.34. The Hall–Kier alpha value is -1.10. The maximum Gasteiger partial charge on any atom is 0.326 e. The normalized spacial score (nSPS) is 12.5. The zero-order valence-corrected chi connectivity index (χ0v) is 10.2. The third kappa shape index (κ3) is 3.20. The highest BCUT2D eigenvalue weighted by atomic mass is 79.9. The number of pyridine rings is 1. The van der Waals surface area contributed by atoms with Crippen LogP contribution in [0.2, 0.25) is 0 Å². The van der Waals surface area contributed by atoms with Crippen LogP contribution in [-0.4, -0.2) is 22.1 Å². The summed E-state index contributed by atoms with van der Waals surface area (Å²) in [5.41, 5.74) is 0. The van der Waals surface area contributed by atoms with Crippen LogP contribution in [-0.2, 0) is 4.79 Å². The number of halogens is 1. The maximum atomic E-state index is 11.0. The fraction of sp³-hybridized carbons (Fsp3) is 0.400. The number of hydrogen-bond donors (Lipinski definition) is 2. The summed E-state index contributed by atoms with van der Waals surface area (Å²) < 4.78 is 0.761. The third-order valence-electron chi connectivity index (χ3n) is 1.98. The highest BCUT2D eigenvalue weighted by molar-refractivity contribution is 9.10. The average Bonchev–Trinajstić information content (AvgIpc) is 2.15. The molecule has 82 valence electrons. The molecule has 1 aromatic rings. The Balaban J connectivity index is 2.84. The largest absolute Gasteiger partial charge is 0.480 e. The van der Waals surface area contributed by atoms with Crippen LogP contribution >= 0.6 is 15.9 Å². The van der Waals surface area contributed by atoms with Crippen molar-refractivity contribution in [3.8, 4) is 0 Å². The van der Waals surface area contributed by atoms with Gasteiger partial charge in [0.1, 0.15) is 11.9 Å². The van der Waals surface area contributed by atoms with Crippen LogP contribution in [0.15, 0.2) is 22.8 Å². The van der Waals surface area contributed by atoms with E-state index in [4.69, 9.17) is 5.11 Å². The molecule has 0 unspecified atom stereocenters. The Morgan fingerprint density at radius 2 is 2.27 bits per heavy atom. The summed E-state index contributed by atoms with van der Waals surface area (Å²) in [6, 6.07) is 2.96. The highest BCUT2D eigenvalue weighted by Crippen LogP contribution is 2.20. The predicted molar refractivity (Wildman–Crippen MR) is 61.8 cm³/mol. The number of carboxylic acids is 1. The van der Waals surface area contributed by atoms with E-state index in [0.717, 1.165) is 4.47 Å². The summed E-state index contributed by atoms with van der Waals surface area (Å²) in [7, 11) is 0. The molecule has 0 aliphatic carbocycles. The summed E-state index contributed by atoms with van der Waals surface area (Å²) in [4.78, 5) is 15.0. The summed E-state index contributed by atoms with van der Waals surface area (Å²) in [6.07, 6.45) is 1.62. The van der Waals surface area contributed by atoms with E-state index < -0.39 is 12.0 Å². The zero-order valence-electron chi connectivity index (χ0n) is 8.57. The van der Waals surface area contributed by atoms with Crippen LogP contribution in [0.1, 0.15) is 13.8 Å². The van der Waals surface area contributed by atoms with E-state index in [9.17, 15) is 4.79 Å². The molecule has 0 saturated carbocycles. The summed E-state index contributed by atoms with van der Waals surface area (Å²) in [6.45, 7) is 3.70. The van der Waals surface area contributed by atoms with Gasteiger partial charge in [-0.05, 0) is 34.0 Å². The minimum absolute atomic E-state index is 0.00333. The van der Waals surface area contributed by atoms with Gasteiger partial charge in [0.2, 0.25) is 0 Å². The van der Waals surface area contributed by atoms with Gasteiger partial charge in [-0.3, -0.25) is 0 Å². The second-order valence-corrected chi connectivity index (χ2v) is 4.39. The lowest BCUT2D eigenvalue weighted by molar-refractivity contribution is -0.138. The minimum atomic E-state index is -0.873. The summed E-state index contributed by atoms with van der Waals surface area (Å²) in [5, 5.41) is 11.9. The molecular formula is C10H13BrN2O2. The fourth-order valence-electron chi connectivity index (χ4n) is 1.15. The predicted octanol–water partition coefficient (Wildman–Crippen LogP) is 2.37.